The van der Waals surface area contributed by atoms with E-state index in [1.165, 1.54) is 29.2 Å². The summed E-state index contributed by atoms with van der Waals surface area (Å²) >= 11 is 0. The number of nitrogens with one attached hydrogen (secondary N) is 1. The Labute approximate surface area is 212 Å². The zero-order valence-corrected chi connectivity index (χ0v) is 21.3. The van der Waals surface area contributed by atoms with E-state index < -0.39 is 11.7 Å². The van der Waals surface area contributed by atoms with Crippen molar-refractivity contribution < 1.29 is 17.9 Å². The Hall–Kier alpha value is -2.73. The maximum Gasteiger partial charge on any atom is 0.416 e. The van der Waals surface area contributed by atoms with Gasteiger partial charge < -0.3 is 15.0 Å². The predicted molar refractivity (Wildman–Crippen MR) is 138 cm³/mol. The Balaban J connectivity index is 1.36. The molecule has 3 aliphatic rings. The lowest BCUT2D eigenvalue weighted by atomic mass is 9.64. The van der Waals surface area contributed by atoms with Crippen LogP contribution in [-0.2, 0) is 6.18 Å². The summed E-state index contributed by atoms with van der Waals surface area (Å²) < 4.78 is 44.9. The second-order valence-corrected chi connectivity index (χ2v) is 10.2. The molecule has 0 radical (unpaired) electrons. The van der Waals surface area contributed by atoms with Crippen molar-refractivity contribution in [1.82, 2.24) is 5.32 Å². The van der Waals surface area contributed by atoms with Crippen molar-refractivity contribution in [3.63, 3.8) is 0 Å². The first kappa shape index (κ1) is 24.9. The molecule has 1 N–H and O–H groups in total. The third-order valence-corrected chi connectivity index (χ3v) is 8.23. The van der Waals surface area contributed by atoms with Crippen LogP contribution in [0.2, 0.25) is 0 Å². The highest BCUT2D eigenvalue weighted by Gasteiger charge is 2.38. The first-order chi connectivity index (χ1) is 17.2. The van der Waals surface area contributed by atoms with Gasteiger partial charge >= 0.3 is 6.18 Å². The van der Waals surface area contributed by atoms with E-state index in [9.17, 15) is 13.2 Å². The highest BCUT2D eigenvalue weighted by molar-refractivity contribution is 5.68. The van der Waals surface area contributed by atoms with Crippen molar-refractivity contribution in [2.45, 2.75) is 70.6 Å². The Morgan fingerprint density at radius 2 is 1.86 bits per heavy atom. The van der Waals surface area contributed by atoms with Crippen LogP contribution in [0.25, 0.3) is 0 Å². The van der Waals surface area contributed by atoms with Crippen molar-refractivity contribution in [3.05, 3.63) is 88.6 Å². The summed E-state index contributed by atoms with van der Waals surface area (Å²) in [5, 5.41) is 3.75. The van der Waals surface area contributed by atoms with Crippen LogP contribution < -0.4 is 15.0 Å². The van der Waals surface area contributed by atoms with E-state index in [0.717, 1.165) is 48.2 Å². The van der Waals surface area contributed by atoms with Gasteiger partial charge in [0.1, 0.15) is 5.75 Å². The highest BCUT2D eigenvalue weighted by atomic mass is 19.4. The van der Waals surface area contributed by atoms with Gasteiger partial charge in [0.05, 0.1) is 18.4 Å². The third kappa shape index (κ3) is 4.34. The number of hydrogen-bond acceptors (Lipinski definition) is 3. The molecule has 5 rings (SSSR count). The lowest BCUT2D eigenvalue weighted by molar-refractivity contribution is -0.137. The molecule has 3 nitrogen and oxygen atoms in total. The molecule has 36 heavy (non-hydrogen) atoms. The van der Waals surface area contributed by atoms with Gasteiger partial charge in [-0.05, 0) is 67.5 Å². The number of benzene rings is 2. The molecule has 2 fully saturated rings. The summed E-state index contributed by atoms with van der Waals surface area (Å²) in [6, 6.07) is 10.4. The quantitative estimate of drug-likeness (QED) is 0.428. The Bertz CT molecular complexity index is 1170. The minimum atomic E-state index is -4.30. The minimum absolute atomic E-state index is 0.147. The van der Waals surface area contributed by atoms with E-state index in [1.807, 2.05) is 0 Å². The lowest BCUT2D eigenvalue weighted by Crippen LogP contribution is -2.58. The molecule has 0 aromatic heterocycles. The van der Waals surface area contributed by atoms with E-state index in [4.69, 9.17) is 4.74 Å². The molecule has 1 aliphatic carbocycles. The van der Waals surface area contributed by atoms with Crippen LogP contribution >= 0.6 is 0 Å². The molecule has 4 unspecified atom stereocenters. The van der Waals surface area contributed by atoms with Gasteiger partial charge in [0.2, 0.25) is 0 Å². The number of allylic oxidation sites excluding steroid dienone is 2. The summed E-state index contributed by atoms with van der Waals surface area (Å²) in [5.41, 5.74) is 5.07. The maximum atomic E-state index is 13.0. The van der Waals surface area contributed by atoms with Crippen molar-refractivity contribution >= 4 is 5.69 Å². The van der Waals surface area contributed by atoms with Gasteiger partial charge in [-0.15, -0.1) is 6.04 Å². The standard InChI is InChI=1S/C30H34F3N2O/c1-5-20-15-16-35(17-18(20)2)26-14-13-23(19(3)29(26)36-4)27-25-8-6-7-24(28(25)34-27)21-9-11-22(12-10-21)30(31,32)33/h9-17,20,24,27-28,34H,5-8H2,1-4H3/q-1. The Morgan fingerprint density at radius 1 is 1.11 bits per heavy atom. The van der Waals surface area contributed by atoms with Gasteiger partial charge in [-0.25, -0.2) is 0 Å². The summed E-state index contributed by atoms with van der Waals surface area (Å²) in [6.07, 6.45) is 6.40. The third-order valence-electron chi connectivity index (χ3n) is 8.23. The SMILES string of the molecule is CCC1C=CN(c2ccc(C3NC4[C-]3CCCC4c3ccc(C(F)(F)F)cc3)c(C)c2OC)C=C1C. The second-order valence-electron chi connectivity index (χ2n) is 10.2. The maximum absolute atomic E-state index is 13.0. The summed E-state index contributed by atoms with van der Waals surface area (Å²) in [6.45, 7) is 6.48. The molecule has 2 aromatic carbocycles. The molecule has 2 aliphatic heterocycles. The van der Waals surface area contributed by atoms with Crippen LogP contribution in [0.5, 0.6) is 5.75 Å². The lowest BCUT2D eigenvalue weighted by Gasteiger charge is -2.65. The molecule has 192 valence electrons. The number of fused-ring (bicyclic) bond motifs is 1. The van der Waals surface area contributed by atoms with E-state index >= 15 is 0 Å². The highest BCUT2D eigenvalue weighted by Crippen LogP contribution is 2.52. The fourth-order valence-corrected chi connectivity index (χ4v) is 6.19. The molecule has 0 amide bonds. The number of ether oxygens (including phenoxy) is 1. The van der Waals surface area contributed by atoms with Crippen LogP contribution in [0.4, 0.5) is 18.9 Å². The van der Waals surface area contributed by atoms with Gasteiger partial charge in [0.15, 0.2) is 0 Å². The molecule has 1 saturated carbocycles. The van der Waals surface area contributed by atoms with Crippen LogP contribution in [0, 0.1) is 18.8 Å². The van der Waals surface area contributed by atoms with E-state index in [0.29, 0.717) is 5.92 Å². The van der Waals surface area contributed by atoms with E-state index in [-0.39, 0.29) is 18.0 Å². The number of nitrogens with zero attached hydrogens (tertiary/aromatic N) is 1. The average Bonchev–Trinajstić information content (AvgIpc) is 2.85. The summed E-state index contributed by atoms with van der Waals surface area (Å²) in [4.78, 5) is 2.14. The van der Waals surface area contributed by atoms with Gasteiger partial charge in [-0.2, -0.15) is 19.6 Å². The number of halogens is 3. The van der Waals surface area contributed by atoms with Crippen LogP contribution in [0.15, 0.2) is 60.4 Å². The van der Waals surface area contributed by atoms with Crippen LogP contribution in [0.3, 0.4) is 0 Å². The Kier molecular flexibility index (Phi) is 6.67. The van der Waals surface area contributed by atoms with Crippen molar-refractivity contribution in [2.24, 2.45) is 5.92 Å². The molecule has 0 bridgehead atoms. The van der Waals surface area contributed by atoms with Crippen LogP contribution in [0.1, 0.15) is 73.7 Å². The minimum Gasteiger partial charge on any atom is -0.494 e. The average molecular weight is 496 g/mol. The zero-order valence-electron chi connectivity index (χ0n) is 21.3. The molecule has 2 aromatic rings. The summed E-state index contributed by atoms with van der Waals surface area (Å²) in [7, 11) is 1.72. The first-order valence-electron chi connectivity index (χ1n) is 12.8. The topological polar surface area (TPSA) is 24.5 Å². The monoisotopic (exact) mass is 495 g/mol. The number of methoxy groups -OCH3 is 1. The molecule has 0 spiro atoms. The summed E-state index contributed by atoms with van der Waals surface area (Å²) in [5.74, 6) is 3.00. The molecular formula is C30H34F3N2O-. The van der Waals surface area contributed by atoms with E-state index in [1.54, 1.807) is 19.2 Å². The largest absolute Gasteiger partial charge is 0.494 e. The fourth-order valence-electron chi connectivity index (χ4n) is 6.19. The molecule has 4 atom stereocenters. The molecule has 6 heteroatoms. The Morgan fingerprint density at radius 3 is 2.50 bits per heavy atom. The van der Waals surface area contributed by atoms with E-state index in [2.05, 4.69) is 61.6 Å². The zero-order chi connectivity index (χ0) is 25.6. The fraction of sp³-hybridized carbons (Fsp3) is 0.433. The smallest absolute Gasteiger partial charge is 0.416 e. The molecular weight excluding hydrogens is 461 g/mol. The van der Waals surface area contributed by atoms with Gasteiger partial charge in [0, 0.05) is 18.3 Å². The van der Waals surface area contributed by atoms with Gasteiger partial charge in [-0.1, -0.05) is 49.2 Å². The van der Waals surface area contributed by atoms with Crippen molar-refractivity contribution in [1.29, 1.82) is 0 Å². The van der Waals surface area contributed by atoms with Gasteiger partial charge in [0.25, 0.3) is 0 Å². The number of anilines is 1. The number of alkyl halides is 3. The van der Waals surface area contributed by atoms with Crippen molar-refractivity contribution in [3.8, 4) is 5.75 Å². The number of hydrogen-bond donors (Lipinski definition) is 1. The molecule has 1 saturated heterocycles. The van der Waals surface area contributed by atoms with Crippen LogP contribution in [-0.4, -0.2) is 13.2 Å². The predicted octanol–water partition coefficient (Wildman–Crippen LogP) is 7.84. The molecule has 2 heterocycles. The van der Waals surface area contributed by atoms with Gasteiger partial charge in [-0.3, -0.25) is 5.92 Å². The first-order valence-corrected chi connectivity index (χ1v) is 12.8. The van der Waals surface area contributed by atoms with Crippen molar-refractivity contribution in [2.75, 3.05) is 12.0 Å². The normalized spacial score (nSPS) is 26.3. The number of rotatable bonds is 5. The second kappa shape index (κ2) is 9.62.